The molecule has 0 aromatic heterocycles. The summed E-state index contributed by atoms with van der Waals surface area (Å²) in [4.78, 5) is 4.42. The van der Waals surface area contributed by atoms with Gasteiger partial charge in [-0.2, -0.15) is 6.67 Å². The van der Waals surface area contributed by atoms with Crippen LogP contribution >= 0.6 is 19.4 Å². The van der Waals surface area contributed by atoms with Crippen LogP contribution in [-0.4, -0.2) is 21.9 Å². The Bertz CT molecular complexity index is 159. The van der Waals surface area contributed by atoms with E-state index in [1.807, 2.05) is 0 Å². The Labute approximate surface area is 110 Å². The summed E-state index contributed by atoms with van der Waals surface area (Å²) in [6.45, 7) is 10.9. The molecule has 5 heteroatoms. The van der Waals surface area contributed by atoms with Crippen LogP contribution in [-0.2, 0) is 15.1 Å². The molecule has 1 heterocycles. The van der Waals surface area contributed by atoms with Crippen LogP contribution in [0.2, 0.25) is 0 Å². The van der Waals surface area contributed by atoms with Gasteiger partial charge in [0.05, 0.1) is 0 Å². The van der Waals surface area contributed by atoms with Gasteiger partial charge in [-0.05, 0) is 52.2 Å². The van der Waals surface area contributed by atoms with Gasteiger partial charge in [0.15, 0.2) is 0 Å². The maximum absolute atomic E-state index is 4.85. The van der Waals surface area contributed by atoms with E-state index in [-0.39, 0.29) is 22.6 Å². The number of halogens is 2. The molecule has 0 N–H and O–H groups in total. The van der Waals surface area contributed by atoms with Crippen LogP contribution in [0.3, 0.4) is 0 Å². The summed E-state index contributed by atoms with van der Waals surface area (Å²) < 4.78 is 0. The predicted octanol–water partition coefficient (Wildman–Crippen LogP) is 3.84. The Kier molecular flexibility index (Phi) is 11.6. The van der Waals surface area contributed by atoms with Crippen molar-refractivity contribution in [1.29, 1.82) is 0 Å². The fourth-order valence-corrected chi connectivity index (χ4v) is 0.996. The van der Waals surface area contributed by atoms with Gasteiger partial charge >= 0.3 is 34.5 Å². The molecule has 0 saturated carbocycles. The quantitative estimate of drug-likeness (QED) is 0.557. The van der Waals surface area contributed by atoms with Crippen molar-refractivity contribution in [3.8, 4) is 0 Å². The Morgan fingerprint density at radius 1 is 1.00 bits per heavy atom. The molecule has 0 amide bonds. The van der Waals surface area contributed by atoms with Gasteiger partial charge in [0.2, 0.25) is 0 Å². The van der Waals surface area contributed by atoms with E-state index in [4.69, 9.17) is 19.4 Å². The van der Waals surface area contributed by atoms with E-state index in [0.717, 1.165) is 0 Å². The van der Waals surface area contributed by atoms with Gasteiger partial charge in [-0.25, -0.2) is 0 Å². The van der Waals surface area contributed by atoms with Crippen LogP contribution in [0.5, 0.6) is 0 Å². The summed E-state index contributed by atoms with van der Waals surface area (Å²) in [7, 11) is 9.71. The summed E-state index contributed by atoms with van der Waals surface area (Å²) in [5.74, 6) is 0. The third-order valence-electron chi connectivity index (χ3n) is 1.87. The zero-order chi connectivity index (χ0) is 11.1. The average Bonchev–Trinajstić information content (AvgIpc) is 2.53. The second kappa shape index (κ2) is 9.75. The fourth-order valence-electron chi connectivity index (χ4n) is 0.996. The van der Waals surface area contributed by atoms with E-state index in [0.29, 0.717) is 12.1 Å². The standard InChI is InChI=1S/C9H17N2.CH3.2ClH.Ru/c1-8(2)10-5-6-11(7-10)9(3)4;;;;/h5-9H,1-4H3;1H3;2*1H;/q2*-1;;;+4/p-2. The molecular formula is C10H20Cl2N2Ru. The van der Waals surface area contributed by atoms with Crippen molar-refractivity contribution >= 4 is 19.4 Å². The molecule has 0 radical (unpaired) electrons. The van der Waals surface area contributed by atoms with Gasteiger partial charge in [0, 0.05) is 0 Å². The summed E-state index contributed by atoms with van der Waals surface area (Å²) in [5, 5.41) is 0. The van der Waals surface area contributed by atoms with Gasteiger partial charge < -0.3 is 17.2 Å². The molecule has 0 fully saturated rings. The van der Waals surface area contributed by atoms with Crippen molar-refractivity contribution in [1.82, 2.24) is 9.80 Å². The monoisotopic (exact) mass is 340 g/mol. The van der Waals surface area contributed by atoms with Crippen molar-refractivity contribution in [2.45, 2.75) is 39.8 Å². The Morgan fingerprint density at radius 2 is 1.27 bits per heavy atom. The Hall–Kier alpha value is 0.543. The first kappa shape index (κ1) is 17.9. The first-order chi connectivity index (χ1) is 6.52. The maximum atomic E-state index is 4.85. The van der Waals surface area contributed by atoms with Crippen LogP contribution in [0.25, 0.3) is 0 Å². The molecule has 1 aliphatic heterocycles. The summed E-state index contributed by atoms with van der Waals surface area (Å²) in [6.07, 6.45) is 4.23. The molecule has 0 atom stereocenters. The minimum atomic E-state index is -0.346. The van der Waals surface area contributed by atoms with Crippen LogP contribution in [0.4, 0.5) is 0 Å². The number of rotatable bonds is 2. The summed E-state index contributed by atoms with van der Waals surface area (Å²) in [5.41, 5.74) is 0. The fraction of sp³-hybridized carbons (Fsp3) is 0.600. The molecule has 2 nitrogen and oxygen atoms in total. The van der Waals surface area contributed by atoms with Gasteiger partial charge in [0.25, 0.3) is 0 Å². The van der Waals surface area contributed by atoms with Crippen LogP contribution in [0.1, 0.15) is 27.7 Å². The van der Waals surface area contributed by atoms with Crippen LogP contribution < -0.4 is 0 Å². The third-order valence-corrected chi connectivity index (χ3v) is 1.87. The van der Waals surface area contributed by atoms with Crippen molar-refractivity contribution in [2.75, 3.05) is 0 Å². The van der Waals surface area contributed by atoms with Gasteiger partial charge in [0.1, 0.15) is 0 Å². The van der Waals surface area contributed by atoms with Gasteiger partial charge in [-0.1, -0.05) is 0 Å². The molecule has 0 saturated heterocycles. The van der Waals surface area contributed by atoms with Crippen LogP contribution in [0.15, 0.2) is 12.4 Å². The van der Waals surface area contributed by atoms with E-state index in [9.17, 15) is 0 Å². The van der Waals surface area contributed by atoms with Crippen molar-refractivity contribution in [2.24, 2.45) is 0 Å². The molecule has 0 unspecified atom stereocenters. The van der Waals surface area contributed by atoms with E-state index in [2.05, 4.69) is 56.6 Å². The molecule has 0 aliphatic carbocycles. The number of hydrogen-bond acceptors (Lipinski definition) is 2. The zero-order valence-corrected chi connectivity index (χ0v) is 13.1. The summed E-state index contributed by atoms with van der Waals surface area (Å²) in [6, 6.07) is 1.13. The SMILES string of the molecule is CC(C)N1C=CN(C(C)C)[CH-]1.[CH3-].[Cl][Ru+2][Cl]. The second-order valence-corrected chi connectivity index (χ2v) is 6.18. The van der Waals surface area contributed by atoms with Crippen molar-refractivity contribution in [3.63, 3.8) is 0 Å². The van der Waals surface area contributed by atoms with E-state index in [1.54, 1.807) is 0 Å². The molecule has 0 aromatic rings. The molecule has 1 aliphatic rings. The molecule has 92 valence electrons. The number of nitrogens with zero attached hydrogens (tertiary/aromatic N) is 2. The Morgan fingerprint density at radius 3 is 1.40 bits per heavy atom. The second-order valence-electron chi connectivity index (χ2n) is 3.55. The molecule has 1 rings (SSSR count). The molecule has 0 bridgehead atoms. The molecule has 15 heavy (non-hydrogen) atoms. The molecule has 0 aromatic carbocycles. The van der Waals surface area contributed by atoms with Crippen molar-refractivity contribution in [3.05, 3.63) is 26.5 Å². The van der Waals surface area contributed by atoms with E-state index >= 15 is 0 Å². The van der Waals surface area contributed by atoms with Crippen LogP contribution in [0, 0.1) is 14.1 Å². The van der Waals surface area contributed by atoms with Crippen molar-refractivity contribution < 1.29 is 15.1 Å². The molecule has 0 spiro atoms. The first-order valence-corrected chi connectivity index (χ1v) is 8.94. The zero-order valence-electron chi connectivity index (χ0n) is 9.89. The topological polar surface area (TPSA) is 6.48 Å². The van der Waals surface area contributed by atoms with E-state index in [1.165, 1.54) is 0 Å². The average molecular weight is 340 g/mol. The minimum absolute atomic E-state index is 0. The third kappa shape index (κ3) is 7.43. The first-order valence-electron chi connectivity index (χ1n) is 4.46. The predicted molar refractivity (Wildman–Crippen MR) is 65.5 cm³/mol. The molecular weight excluding hydrogens is 320 g/mol. The normalized spacial score (nSPS) is 14.1. The van der Waals surface area contributed by atoms with Gasteiger partial charge in [-0.3, -0.25) is 0 Å². The number of hydrogen-bond donors (Lipinski definition) is 0. The van der Waals surface area contributed by atoms with Gasteiger partial charge in [-0.15, -0.1) is 0 Å². The Balaban J connectivity index is 0. The summed E-state index contributed by atoms with van der Waals surface area (Å²) >= 11 is -0.346. The van der Waals surface area contributed by atoms with E-state index < -0.39 is 0 Å².